The number of pyridine rings is 1. The molecule has 15 aromatic rings. The highest BCUT2D eigenvalue weighted by atomic mass is 35.5. The summed E-state index contributed by atoms with van der Waals surface area (Å²) in [7, 11) is 0. The van der Waals surface area contributed by atoms with Gasteiger partial charge in [-0.15, -0.1) is 0 Å². The number of nitrogens with two attached hydrogens (primary N) is 5. The Morgan fingerprint density at radius 1 is 0.389 bits per heavy atom. The lowest BCUT2D eigenvalue weighted by Gasteiger charge is -2.12. The van der Waals surface area contributed by atoms with Crippen molar-refractivity contribution in [2.45, 2.75) is 155 Å². The molecule has 0 unspecified atom stereocenters. The zero-order chi connectivity index (χ0) is 103. The number of aryl methyl sites for hydroxylation is 11. The molecule has 0 radical (unpaired) electrons. The highest BCUT2D eigenvalue weighted by Gasteiger charge is 2.19. The van der Waals surface area contributed by atoms with Gasteiger partial charge in [-0.3, -0.25) is 9.48 Å². The molecule has 5 amide bonds. The minimum atomic E-state index is -1.02. The molecule has 0 spiro atoms. The molecule has 0 saturated carbocycles. The van der Waals surface area contributed by atoms with Gasteiger partial charge in [0.2, 0.25) is 35.6 Å². The number of carbonyl (C=O) groups is 3. The Labute approximate surface area is 849 Å². The van der Waals surface area contributed by atoms with Crippen LogP contribution in [0.4, 0.5) is 82.6 Å². The Morgan fingerprint density at radius 3 is 1.24 bits per heavy atom. The molecule has 7 heterocycles. The third kappa shape index (κ3) is 31.7. The summed E-state index contributed by atoms with van der Waals surface area (Å²) in [5.74, 6) is 1.81. The van der Waals surface area contributed by atoms with E-state index in [1.165, 1.54) is 92.0 Å². The number of hydrogen-bond donors (Lipinski definition) is 13. The number of nitrogens with one attached hydrogen (secondary N) is 8. The van der Waals surface area contributed by atoms with E-state index in [4.69, 9.17) is 56.6 Å². The molecule has 1 aliphatic rings. The van der Waals surface area contributed by atoms with E-state index in [1.54, 1.807) is 6.07 Å². The van der Waals surface area contributed by atoms with Crippen molar-refractivity contribution in [1.29, 1.82) is 0 Å². The second-order valence-corrected chi connectivity index (χ2v) is 36.0. The van der Waals surface area contributed by atoms with Crippen LogP contribution in [0.3, 0.4) is 0 Å². The van der Waals surface area contributed by atoms with Gasteiger partial charge in [0.05, 0.1) is 40.8 Å². The van der Waals surface area contributed by atoms with Gasteiger partial charge in [0, 0.05) is 138 Å². The van der Waals surface area contributed by atoms with Crippen LogP contribution in [0, 0.1) is 94.7 Å². The number of urea groups is 2. The summed E-state index contributed by atoms with van der Waals surface area (Å²) < 4.78 is 33.9. The molecule has 0 fully saturated rings. The molecule has 16 rings (SSSR count). The second kappa shape index (κ2) is 51.4. The van der Waals surface area contributed by atoms with Gasteiger partial charge in [-0.25, -0.2) is 58.2 Å². The van der Waals surface area contributed by atoms with E-state index in [0.29, 0.717) is 98.6 Å². The van der Waals surface area contributed by atoms with Crippen LogP contribution in [0.15, 0.2) is 206 Å². The van der Waals surface area contributed by atoms with Gasteiger partial charge in [0.15, 0.2) is 11.6 Å². The summed E-state index contributed by atoms with van der Waals surface area (Å²) >= 11 is 11.6. The molecule has 7 aromatic heterocycles. The van der Waals surface area contributed by atoms with Crippen molar-refractivity contribution in [2.75, 3.05) is 99.9 Å². The number of allylic oxidation sites excluding steroid dienone is 1. The lowest BCUT2D eigenvalue weighted by Crippen LogP contribution is -2.30. The highest BCUT2D eigenvalue weighted by molar-refractivity contribution is 6.33. The summed E-state index contributed by atoms with van der Waals surface area (Å²) in [6.45, 7) is 32.6. The monoisotopic (exact) mass is 1980 g/mol. The maximum atomic E-state index is 13.2. The largest absolute Gasteiger partial charge is 0.493 e. The van der Waals surface area contributed by atoms with Crippen molar-refractivity contribution < 1.29 is 27.9 Å². The van der Waals surface area contributed by atoms with E-state index in [9.17, 15) is 23.2 Å². The second-order valence-electron chi connectivity index (χ2n) is 35.2. The smallest absolute Gasteiger partial charge is 0.319 e. The van der Waals surface area contributed by atoms with E-state index >= 15 is 0 Å². The van der Waals surface area contributed by atoms with Crippen molar-refractivity contribution in [3.8, 4) is 62.0 Å². The minimum Gasteiger partial charge on any atom is -0.493 e. The maximum absolute atomic E-state index is 13.2. The Balaban J connectivity index is 0.000000161. The first-order valence-corrected chi connectivity index (χ1v) is 48.2. The van der Waals surface area contributed by atoms with Gasteiger partial charge in [0.1, 0.15) is 33.5 Å². The zero-order valence-corrected chi connectivity index (χ0v) is 85.1. The van der Waals surface area contributed by atoms with E-state index in [0.717, 1.165) is 147 Å². The van der Waals surface area contributed by atoms with Gasteiger partial charge in [-0.1, -0.05) is 150 Å². The number of benzene rings is 8. The van der Waals surface area contributed by atoms with Crippen molar-refractivity contribution in [3.63, 3.8) is 0 Å². The van der Waals surface area contributed by atoms with Gasteiger partial charge in [0.25, 0.3) is 0 Å². The average molecular weight is 1980 g/mol. The molecular weight excluding hydrogens is 1860 g/mol. The van der Waals surface area contributed by atoms with Crippen molar-refractivity contribution in [2.24, 2.45) is 0 Å². The number of anilines is 11. The number of nitrogens with zero attached hydrogens (tertiary/aromatic N) is 13. The average Bonchev–Trinajstić information content (AvgIpc) is 1.44. The van der Waals surface area contributed by atoms with E-state index in [1.807, 2.05) is 104 Å². The number of nitrogen functional groups attached to an aromatic ring is 5. The van der Waals surface area contributed by atoms with Crippen molar-refractivity contribution in [1.82, 2.24) is 75.2 Å². The fourth-order valence-electron chi connectivity index (χ4n) is 15.9. The zero-order valence-electron chi connectivity index (χ0n) is 83.6. The molecule has 30 nitrogen and oxygen atoms in total. The third-order valence-electron chi connectivity index (χ3n) is 24.0. The van der Waals surface area contributed by atoms with Crippen LogP contribution in [0.2, 0.25) is 10.3 Å². The summed E-state index contributed by atoms with van der Waals surface area (Å²) in [6.07, 6.45) is 9.04. The molecule has 144 heavy (non-hydrogen) atoms. The SMILES string of the molecule is CC(=O)Nc1cccc(OCCCNc2cc(-c3cccc(C)c3C)nc(N)n2)c1.CC1=Cc2cc(CCc3cc(-c4cccc(C)c4C)nc(N)n3)ccc2C1.Cc1cc(C)n(CCCc2cc(-c3cccc(C)c3C)nc(N)n2)n1.Cc1cccc(-c2cc(NCCCNC(=O)Nc3cc(Cl)nc(Cl)c3)nc(N)n2)c1C.Cc1cccc(-c2cc(NCCCNC(=O)Nc3ccc(F)c(F)c3)nc(N)n2)c1C. The first-order valence-electron chi connectivity index (χ1n) is 47.4. The van der Waals surface area contributed by atoms with Crippen LogP contribution >= 0.6 is 23.2 Å². The molecule has 0 saturated heterocycles. The number of rotatable bonds is 31. The number of carbonyl (C=O) groups excluding carboxylic acids is 3. The molecular formula is C110H124Cl2F2N26O4. The van der Waals surface area contributed by atoms with E-state index in [2.05, 4.69) is 263 Å². The summed E-state index contributed by atoms with van der Waals surface area (Å²) in [4.78, 5) is 82.4. The van der Waals surface area contributed by atoms with Gasteiger partial charge >= 0.3 is 12.1 Å². The number of hydrogen-bond acceptors (Lipinski definition) is 24. The molecule has 8 aromatic carbocycles. The quantitative estimate of drug-likeness (QED) is 0.0142. The summed E-state index contributed by atoms with van der Waals surface area (Å²) in [6, 6.07) is 62.0. The highest BCUT2D eigenvalue weighted by Crippen LogP contribution is 2.34. The molecule has 0 bridgehead atoms. The van der Waals surface area contributed by atoms with Crippen LogP contribution in [-0.2, 0) is 37.0 Å². The maximum Gasteiger partial charge on any atom is 0.319 e. The standard InChI is InChI=1S/C24H25N3.C23H27N5O2.C22H24F2N6O.C21H23Cl2N7O.C20H25N5/c1-15-11-19-9-7-18(13-20(19)12-15)8-10-21-14-23(27-24(25)26-21)22-6-4-5-16(2)17(22)3;1-15-7-4-10-20(16(15)2)21-14-22(28-23(24)27-21)25-11-6-12-30-19-9-5-8-18(13-19)26-17(3)29;1-13-5-3-6-16(14(13)2)19-12-20(30-21(25)29-19)26-9-4-10-27-22(31)28-15-7-8-17(23)18(24)11-15;1-12-5-3-6-15(13(12)2)16-11-19(30-20(24)28-16)25-7-4-8-26-21(31)27-14-9-17(22)29-18(23)10-14;1-13-7-5-9-18(16(13)4)19-12-17(22-20(21)23-19)8-6-10-25-15(3)11-14(2)24-25/h4-7,9,12-14H,8,10-11H2,1-3H3,(H2,25,26,27);4-5,7-10,13-14H,6,11-12H2,1-3H3,(H,26,29)(H3,24,25,27,28);3,5-8,11-12H,4,9-10H2,1-2H3,(H2,27,28,31)(H3,25,26,29,30);3,5-6,9-11H,4,7-8H2,1-2H3,(H3,24,25,28,30)(H2,26,27,29,31);5,7,9,11-12H,6,8,10H2,1-4H3,(H2,21,22,23). The molecule has 0 aliphatic heterocycles. The van der Waals surface area contributed by atoms with E-state index < -0.39 is 17.7 Å². The van der Waals surface area contributed by atoms with Crippen LogP contribution in [0.25, 0.3) is 62.4 Å². The number of fused-ring (bicyclic) bond motifs is 1. The molecule has 1 aliphatic carbocycles. The Kier molecular flexibility index (Phi) is 38.1. The normalized spacial score (nSPS) is 11.1. The van der Waals surface area contributed by atoms with E-state index in [-0.39, 0.29) is 45.8 Å². The molecule has 34 heteroatoms. The molecule has 746 valence electrons. The molecule has 18 N–H and O–H groups in total. The summed E-state index contributed by atoms with van der Waals surface area (Å²) in [5, 5.41) is 27.9. The predicted octanol–water partition coefficient (Wildman–Crippen LogP) is 22.0. The van der Waals surface area contributed by atoms with Crippen molar-refractivity contribution in [3.05, 3.63) is 323 Å². The lowest BCUT2D eigenvalue weighted by molar-refractivity contribution is -0.114. The van der Waals surface area contributed by atoms with Crippen LogP contribution < -0.4 is 75.9 Å². The number of ether oxygens (including phenoxy) is 1. The number of amides is 5. The van der Waals surface area contributed by atoms with Crippen molar-refractivity contribution >= 4 is 112 Å². The topological polar surface area (TPSA) is 446 Å². The fraction of sp³-hybridized carbons (Fsp3) is 0.264. The van der Waals surface area contributed by atoms with Gasteiger partial charge in [-0.2, -0.15) is 20.1 Å². The van der Waals surface area contributed by atoms with Crippen LogP contribution in [0.1, 0.15) is 135 Å². The fourth-order valence-corrected chi connectivity index (χ4v) is 16.4. The first kappa shape index (κ1) is 107. The number of halogens is 4. The first-order chi connectivity index (χ1) is 69.0. The van der Waals surface area contributed by atoms with Crippen LogP contribution in [-0.4, -0.2) is 122 Å². The minimum absolute atomic E-state index is 0.110. The molecule has 0 atom stereocenters. The van der Waals surface area contributed by atoms with Gasteiger partial charge < -0.3 is 75.9 Å². The Hall–Kier alpha value is -16.1. The number of aromatic nitrogens is 13. The lowest BCUT2D eigenvalue weighted by atomic mass is 9.99. The Morgan fingerprint density at radius 2 is 0.806 bits per heavy atom. The summed E-state index contributed by atoms with van der Waals surface area (Å²) in [5.41, 5.74) is 62.2. The third-order valence-corrected chi connectivity index (χ3v) is 24.4. The van der Waals surface area contributed by atoms with Gasteiger partial charge in [-0.05, 0) is 268 Å². The Bertz CT molecular complexity index is 7080. The van der Waals surface area contributed by atoms with Crippen LogP contribution in [0.5, 0.6) is 5.75 Å². The predicted molar refractivity (Wildman–Crippen MR) is 578 cm³/mol.